The van der Waals surface area contributed by atoms with E-state index in [1.54, 1.807) is 12.5 Å². The number of benzene rings is 2. The minimum absolute atomic E-state index is 0. The molecule has 2 aromatic heterocycles. The molecule has 0 aliphatic heterocycles. The molecular formula is C26H18Cl2O2Zr. The first-order valence-electron chi connectivity index (χ1n) is 9.83. The van der Waals surface area contributed by atoms with Gasteiger partial charge >= 0.3 is 182 Å². The quantitative estimate of drug-likeness (QED) is 0.396. The number of hydrogen-bond acceptors (Lipinski definition) is 2. The second-order valence-corrected chi connectivity index (χ2v) is 11.1. The summed E-state index contributed by atoms with van der Waals surface area (Å²) in [6.07, 6.45) is 8.22. The molecule has 2 heterocycles. The molecule has 2 aliphatic rings. The van der Waals surface area contributed by atoms with Gasteiger partial charge in [-0.1, -0.05) is 0 Å². The molecule has 152 valence electrons. The number of fused-ring (bicyclic) bond motifs is 2. The standard InChI is InChI=1S/2C13H9O.2ClH.Zr/c2*1-2-5-11-9-12(8-10(11)4-1)13-6-3-7-14-13;;;/h2*1-9H;2*1H;/q;;;;+2/p-2. The molecule has 2 unspecified atom stereocenters. The van der Waals surface area contributed by atoms with Crippen LogP contribution in [-0.4, -0.2) is 0 Å². The van der Waals surface area contributed by atoms with Crippen molar-refractivity contribution in [1.82, 2.24) is 0 Å². The number of furan rings is 2. The van der Waals surface area contributed by atoms with E-state index in [-0.39, 0.29) is 24.8 Å². The molecule has 0 fully saturated rings. The van der Waals surface area contributed by atoms with Crippen LogP contribution in [0.25, 0.3) is 23.3 Å². The molecule has 0 saturated carbocycles. The van der Waals surface area contributed by atoms with Gasteiger partial charge in [0.05, 0.1) is 0 Å². The van der Waals surface area contributed by atoms with E-state index in [0.717, 1.165) is 11.5 Å². The molecule has 0 saturated heterocycles. The number of rotatable bonds is 4. The molecule has 0 radical (unpaired) electrons. The third-order valence-electron chi connectivity index (χ3n) is 5.80. The Balaban J connectivity index is 0.00000116. The van der Waals surface area contributed by atoms with E-state index in [4.69, 9.17) is 8.83 Å². The van der Waals surface area contributed by atoms with Crippen molar-refractivity contribution in [2.75, 3.05) is 0 Å². The number of halogens is 2. The van der Waals surface area contributed by atoms with Crippen LogP contribution in [0, 0.1) is 0 Å². The van der Waals surface area contributed by atoms with E-state index in [9.17, 15) is 0 Å². The summed E-state index contributed by atoms with van der Waals surface area (Å²) < 4.78 is 12.6. The summed E-state index contributed by atoms with van der Waals surface area (Å²) in [5.74, 6) is 2.00. The van der Waals surface area contributed by atoms with Crippen LogP contribution >= 0.6 is 0 Å². The largest absolute Gasteiger partial charge is 1.00 e. The molecule has 2 atom stereocenters. The Hall–Kier alpha value is -2.06. The molecular weight excluding hydrogens is 506 g/mol. The Morgan fingerprint density at radius 1 is 0.548 bits per heavy atom. The average molecular weight is 525 g/mol. The molecule has 4 aromatic rings. The third kappa shape index (κ3) is 3.84. The van der Waals surface area contributed by atoms with Crippen molar-refractivity contribution >= 4 is 23.3 Å². The minimum Gasteiger partial charge on any atom is -1.00 e. The normalized spacial score (nSPS) is 18.1. The van der Waals surface area contributed by atoms with Gasteiger partial charge in [-0.3, -0.25) is 0 Å². The van der Waals surface area contributed by atoms with Crippen LogP contribution in [0.2, 0.25) is 0 Å². The summed E-state index contributed by atoms with van der Waals surface area (Å²) in [7, 11) is 0. The number of hydrogen-bond donors (Lipinski definition) is 0. The number of allylic oxidation sites excluding steroid dienone is 2. The van der Waals surface area contributed by atoms with Gasteiger partial charge in [0.2, 0.25) is 0 Å². The molecule has 0 N–H and O–H groups in total. The predicted molar refractivity (Wildman–Crippen MR) is 112 cm³/mol. The van der Waals surface area contributed by atoms with E-state index in [2.05, 4.69) is 72.8 Å². The van der Waals surface area contributed by atoms with Gasteiger partial charge in [-0.25, -0.2) is 0 Å². The van der Waals surface area contributed by atoms with Gasteiger partial charge in [-0.15, -0.1) is 0 Å². The van der Waals surface area contributed by atoms with Crippen LogP contribution in [0.3, 0.4) is 0 Å². The molecule has 2 aliphatic carbocycles. The summed E-state index contributed by atoms with van der Waals surface area (Å²) in [6, 6.07) is 25.8. The van der Waals surface area contributed by atoms with Crippen molar-refractivity contribution in [3.8, 4) is 0 Å². The van der Waals surface area contributed by atoms with E-state index in [0.29, 0.717) is 7.25 Å². The minimum atomic E-state index is -1.01. The van der Waals surface area contributed by atoms with Crippen molar-refractivity contribution in [2.45, 2.75) is 7.25 Å². The van der Waals surface area contributed by atoms with Crippen molar-refractivity contribution in [1.29, 1.82) is 0 Å². The smallest absolute Gasteiger partial charge is 1.00 e. The Labute approximate surface area is 205 Å². The summed E-state index contributed by atoms with van der Waals surface area (Å²) in [5.41, 5.74) is 8.25. The second kappa shape index (κ2) is 9.21. The first-order valence-corrected chi connectivity index (χ1v) is 12.7. The topological polar surface area (TPSA) is 26.3 Å². The molecule has 5 heteroatoms. The van der Waals surface area contributed by atoms with E-state index in [1.165, 1.54) is 33.4 Å². The Morgan fingerprint density at radius 3 is 1.42 bits per heavy atom. The van der Waals surface area contributed by atoms with Crippen LogP contribution in [0.1, 0.15) is 41.0 Å². The third-order valence-corrected chi connectivity index (χ3v) is 10.5. The van der Waals surface area contributed by atoms with Crippen LogP contribution in [0.15, 0.2) is 94.2 Å². The maximum Gasteiger partial charge on any atom is -1.00 e. The van der Waals surface area contributed by atoms with Gasteiger partial charge < -0.3 is 24.8 Å². The molecule has 31 heavy (non-hydrogen) atoms. The van der Waals surface area contributed by atoms with E-state index in [1.807, 2.05) is 12.1 Å². The van der Waals surface area contributed by atoms with Crippen molar-refractivity contribution < 1.29 is 56.9 Å². The Bertz CT molecular complexity index is 1140. The molecule has 2 nitrogen and oxygen atoms in total. The molecule has 0 amide bonds. The van der Waals surface area contributed by atoms with Gasteiger partial charge in [0.25, 0.3) is 0 Å². The molecule has 6 rings (SSSR count). The van der Waals surface area contributed by atoms with Crippen molar-refractivity contribution in [3.05, 3.63) is 119 Å². The summed E-state index contributed by atoms with van der Waals surface area (Å²) in [5, 5.41) is 0. The zero-order valence-corrected chi connectivity index (χ0v) is 20.4. The first kappa shape index (κ1) is 22.1. The maximum atomic E-state index is 5.84. The van der Waals surface area contributed by atoms with Gasteiger partial charge in [0, 0.05) is 0 Å². The van der Waals surface area contributed by atoms with Crippen LogP contribution in [-0.2, 0) is 23.2 Å². The van der Waals surface area contributed by atoms with Crippen molar-refractivity contribution in [3.63, 3.8) is 0 Å². The first-order chi connectivity index (χ1) is 14.4. The fourth-order valence-corrected chi connectivity index (χ4v) is 9.47. The Morgan fingerprint density at radius 2 is 1.00 bits per heavy atom. The zero-order chi connectivity index (χ0) is 19.2. The van der Waals surface area contributed by atoms with Crippen LogP contribution < -0.4 is 24.8 Å². The fourth-order valence-electron chi connectivity index (χ4n) is 4.49. The SMILES string of the molecule is C1=C(c2ccco2)[CH]([Zr+2][CH]2C(c3ccco3)=Cc3ccccc32)c2ccccc21.[Cl-].[Cl-]. The summed E-state index contributed by atoms with van der Waals surface area (Å²) >= 11 is -1.01. The molecule has 2 aromatic carbocycles. The summed E-state index contributed by atoms with van der Waals surface area (Å²) in [4.78, 5) is 0. The van der Waals surface area contributed by atoms with Crippen LogP contribution in [0.5, 0.6) is 0 Å². The van der Waals surface area contributed by atoms with Gasteiger partial charge in [-0.05, 0) is 0 Å². The van der Waals surface area contributed by atoms with Crippen LogP contribution in [0.4, 0.5) is 0 Å². The van der Waals surface area contributed by atoms with E-state index < -0.39 is 23.2 Å². The van der Waals surface area contributed by atoms with Gasteiger partial charge in [0.15, 0.2) is 0 Å². The molecule has 0 bridgehead atoms. The van der Waals surface area contributed by atoms with Gasteiger partial charge in [0.1, 0.15) is 0 Å². The zero-order valence-electron chi connectivity index (χ0n) is 16.5. The van der Waals surface area contributed by atoms with Crippen molar-refractivity contribution in [2.24, 2.45) is 0 Å². The monoisotopic (exact) mass is 522 g/mol. The van der Waals surface area contributed by atoms with E-state index >= 15 is 0 Å². The molecule has 0 spiro atoms. The Kier molecular flexibility index (Phi) is 6.58. The fraction of sp³-hybridized carbons (Fsp3) is 0.0769. The average Bonchev–Trinajstić information content (AvgIpc) is 3.55. The second-order valence-electron chi connectivity index (χ2n) is 7.44. The van der Waals surface area contributed by atoms with Gasteiger partial charge in [-0.2, -0.15) is 0 Å². The summed E-state index contributed by atoms with van der Waals surface area (Å²) in [6.45, 7) is 0. The maximum absolute atomic E-state index is 5.84. The predicted octanol–water partition coefficient (Wildman–Crippen LogP) is 0.854.